The van der Waals surface area contributed by atoms with Gasteiger partial charge in [-0.3, -0.25) is 4.79 Å². The van der Waals surface area contributed by atoms with Gasteiger partial charge in [0, 0.05) is 12.5 Å². The molecule has 1 heterocycles. The number of carboxylic acid groups (broad SMARTS) is 1. The van der Waals surface area contributed by atoms with E-state index >= 15 is 0 Å². The molecule has 0 radical (unpaired) electrons. The van der Waals surface area contributed by atoms with Crippen molar-refractivity contribution in [3.63, 3.8) is 0 Å². The lowest BCUT2D eigenvalue weighted by Crippen LogP contribution is -2.43. The summed E-state index contributed by atoms with van der Waals surface area (Å²) in [7, 11) is 0. The van der Waals surface area contributed by atoms with Gasteiger partial charge >= 0.3 is 5.97 Å². The van der Waals surface area contributed by atoms with Crippen LogP contribution in [0.2, 0.25) is 0 Å². The topological polar surface area (TPSA) is 57.6 Å². The molecule has 1 atom stereocenters. The summed E-state index contributed by atoms with van der Waals surface area (Å²) in [5.41, 5.74) is 0. The Balaban J connectivity index is 1.99. The van der Waals surface area contributed by atoms with E-state index in [1.165, 1.54) is 6.42 Å². The number of rotatable bonds is 2. The van der Waals surface area contributed by atoms with Crippen molar-refractivity contribution in [2.45, 2.75) is 51.0 Å². The lowest BCUT2D eigenvalue weighted by molar-refractivity contribution is -0.150. The summed E-state index contributed by atoms with van der Waals surface area (Å²) in [5.74, 6) is -0.667. The molecule has 1 aliphatic carbocycles. The fourth-order valence-corrected chi connectivity index (χ4v) is 2.87. The summed E-state index contributed by atoms with van der Waals surface area (Å²) in [6.07, 6.45) is 6.78. The quantitative estimate of drug-likeness (QED) is 0.777. The molecule has 1 saturated heterocycles. The number of amides is 1. The van der Waals surface area contributed by atoms with Crippen molar-refractivity contribution in [3.8, 4) is 0 Å². The molecular weight excluding hydrogens is 206 g/mol. The molecule has 0 aromatic heterocycles. The molecule has 1 amide bonds. The minimum Gasteiger partial charge on any atom is -0.480 e. The molecule has 0 unspecified atom stereocenters. The minimum atomic E-state index is -0.846. The number of carbonyl (C=O) groups is 2. The highest BCUT2D eigenvalue weighted by Gasteiger charge is 2.37. The predicted octanol–water partition coefficient (Wildman–Crippen LogP) is 1.64. The average molecular weight is 225 g/mol. The Bertz CT molecular complexity index is 284. The molecule has 4 nitrogen and oxygen atoms in total. The first-order valence-corrected chi connectivity index (χ1v) is 6.23. The van der Waals surface area contributed by atoms with E-state index in [0.29, 0.717) is 13.0 Å². The van der Waals surface area contributed by atoms with Gasteiger partial charge in [-0.15, -0.1) is 0 Å². The van der Waals surface area contributed by atoms with Crippen molar-refractivity contribution in [1.29, 1.82) is 0 Å². The van der Waals surface area contributed by atoms with Crippen LogP contribution in [0.1, 0.15) is 44.9 Å². The molecule has 1 saturated carbocycles. The van der Waals surface area contributed by atoms with E-state index in [-0.39, 0.29) is 11.8 Å². The van der Waals surface area contributed by atoms with E-state index in [2.05, 4.69) is 0 Å². The average Bonchev–Trinajstić information content (AvgIpc) is 2.78. The van der Waals surface area contributed by atoms with Gasteiger partial charge < -0.3 is 10.0 Å². The predicted molar refractivity (Wildman–Crippen MR) is 58.9 cm³/mol. The number of carbonyl (C=O) groups excluding carboxylic acids is 1. The maximum absolute atomic E-state index is 12.2. The minimum absolute atomic E-state index is 0.0876. The van der Waals surface area contributed by atoms with Crippen molar-refractivity contribution < 1.29 is 14.7 Å². The van der Waals surface area contributed by atoms with Crippen LogP contribution in [0.3, 0.4) is 0 Å². The van der Waals surface area contributed by atoms with Crippen LogP contribution in [0, 0.1) is 5.92 Å². The van der Waals surface area contributed by atoms with Crippen molar-refractivity contribution >= 4 is 11.9 Å². The first kappa shape index (κ1) is 11.4. The lowest BCUT2D eigenvalue weighted by Gasteiger charge is -2.28. The summed E-state index contributed by atoms with van der Waals surface area (Å²) >= 11 is 0. The third kappa shape index (κ3) is 2.20. The van der Waals surface area contributed by atoms with Gasteiger partial charge in [0.15, 0.2) is 0 Å². The van der Waals surface area contributed by atoms with Crippen molar-refractivity contribution in [2.24, 2.45) is 5.92 Å². The van der Waals surface area contributed by atoms with Gasteiger partial charge in [0.05, 0.1) is 0 Å². The molecule has 2 fully saturated rings. The van der Waals surface area contributed by atoms with E-state index in [0.717, 1.165) is 32.1 Å². The summed E-state index contributed by atoms with van der Waals surface area (Å²) in [6, 6.07) is -0.561. The molecule has 90 valence electrons. The number of hydrogen-bond acceptors (Lipinski definition) is 2. The van der Waals surface area contributed by atoms with E-state index in [9.17, 15) is 9.59 Å². The zero-order valence-corrected chi connectivity index (χ0v) is 9.52. The lowest BCUT2D eigenvalue weighted by atomic mass is 9.88. The second-order valence-corrected chi connectivity index (χ2v) is 4.86. The summed E-state index contributed by atoms with van der Waals surface area (Å²) in [5, 5.41) is 9.04. The van der Waals surface area contributed by atoms with Crippen molar-refractivity contribution in [1.82, 2.24) is 4.90 Å². The van der Waals surface area contributed by atoms with E-state index in [1.807, 2.05) is 0 Å². The fourth-order valence-electron chi connectivity index (χ4n) is 2.87. The van der Waals surface area contributed by atoms with Crippen LogP contribution in [0.25, 0.3) is 0 Å². The normalized spacial score (nSPS) is 27.0. The summed E-state index contributed by atoms with van der Waals surface area (Å²) in [4.78, 5) is 24.8. The Morgan fingerprint density at radius 2 is 1.69 bits per heavy atom. The molecule has 0 aromatic carbocycles. The second kappa shape index (κ2) is 4.85. The molecule has 4 heteroatoms. The van der Waals surface area contributed by atoms with Crippen LogP contribution in [0.15, 0.2) is 0 Å². The number of likely N-dealkylation sites (tertiary alicyclic amines) is 1. The van der Waals surface area contributed by atoms with Gasteiger partial charge in [0.1, 0.15) is 6.04 Å². The van der Waals surface area contributed by atoms with Crippen molar-refractivity contribution in [3.05, 3.63) is 0 Å². The maximum Gasteiger partial charge on any atom is 0.326 e. The molecule has 0 bridgehead atoms. The Labute approximate surface area is 95.6 Å². The molecule has 0 aromatic rings. The number of hydrogen-bond donors (Lipinski definition) is 1. The molecular formula is C12H19NO3. The monoisotopic (exact) mass is 225 g/mol. The van der Waals surface area contributed by atoms with Gasteiger partial charge in [0.2, 0.25) is 5.91 Å². The highest BCUT2D eigenvalue weighted by Crippen LogP contribution is 2.28. The Hall–Kier alpha value is -1.06. The highest BCUT2D eigenvalue weighted by atomic mass is 16.4. The Kier molecular flexibility index (Phi) is 3.46. The highest BCUT2D eigenvalue weighted by molar-refractivity contribution is 5.85. The first-order chi connectivity index (χ1) is 7.70. The molecule has 1 N–H and O–H groups in total. The van der Waals surface area contributed by atoms with Gasteiger partial charge in [0.25, 0.3) is 0 Å². The maximum atomic E-state index is 12.2. The van der Waals surface area contributed by atoms with E-state index in [4.69, 9.17) is 5.11 Å². The molecule has 2 rings (SSSR count). The van der Waals surface area contributed by atoms with Crippen molar-refractivity contribution in [2.75, 3.05) is 6.54 Å². The van der Waals surface area contributed by atoms with Crippen LogP contribution in [-0.2, 0) is 9.59 Å². The zero-order chi connectivity index (χ0) is 11.5. The van der Waals surface area contributed by atoms with Crippen LogP contribution >= 0.6 is 0 Å². The third-order valence-corrected chi connectivity index (χ3v) is 3.78. The SMILES string of the molecule is O=C(O)[C@H]1CCCN1C(=O)C1CCCCC1. The van der Waals surface area contributed by atoms with Gasteiger partial charge in [-0.1, -0.05) is 19.3 Å². The third-order valence-electron chi connectivity index (χ3n) is 3.78. The molecule has 16 heavy (non-hydrogen) atoms. The largest absolute Gasteiger partial charge is 0.480 e. The number of carboxylic acids is 1. The summed E-state index contributed by atoms with van der Waals surface area (Å²) < 4.78 is 0. The fraction of sp³-hybridized carbons (Fsp3) is 0.833. The Morgan fingerprint density at radius 3 is 2.31 bits per heavy atom. The smallest absolute Gasteiger partial charge is 0.326 e. The van der Waals surface area contributed by atoms with E-state index < -0.39 is 12.0 Å². The van der Waals surface area contributed by atoms with Crippen LogP contribution in [-0.4, -0.2) is 34.5 Å². The first-order valence-electron chi connectivity index (χ1n) is 6.23. The zero-order valence-electron chi connectivity index (χ0n) is 9.52. The van der Waals surface area contributed by atoms with Crippen LogP contribution in [0.4, 0.5) is 0 Å². The summed E-state index contributed by atoms with van der Waals surface area (Å²) in [6.45, 7) is 0.631. The molecule has 2 aliphatic rings. The molecule has 1 aliphatic heterocycles. The van der Waals surface area contributed by atoms with Crippen LogP contribution in [0.5, 0.6) is 0 Å². The standard InChI is InChI=1S/C12H19NO3/c14-11(9-5-2-1-3-6-9)13-8-4-7-10(13)12(15)16/h9-10H,1-8H2,(H,15,16)/t10-/m1/s1. The van der Waals surface area contributed by atoms with E-state index in [1.54, 1.807) is 4.90 Å². The number of nitrogens with zero attached hydrogens (tertiary/aromatic N) is 1. The van der Waals surface area contributed by atoms with Gasteiger partial charge in [-0.05, 0) is 25.7 Å². The number of aliphatic carboxylic acids is 1. The second-order valence-electron chi connectivity index (χ2n) is 4.86. The van der Waals surface area contributed by atoms with Gasteiger partial charge in [-0.2, -0.15) is 0 Å². The van der Waals surface area contributed by atoms with Gasteiger partial charge in [-0.25, -0.2) is 4.79 Å². The van der Waals surface area contributed by atoms with Crippen LogP contribution < -0.4 is 0 Å². The Morgan fingerprint density at radius 1 is 1.00 bits per heavy atom. The molecule has 0 spiro atoms.